The van der Waals surface area contributed by atoms with Gasteiger partial charge >= 0.3 is 12.0 Å². The number of rotatable bonds is 6. The maximum atomic E-state index is 12.9. The van der Waals surface area contributed by atoms with Gasteiger partial charge in [0.2, 0.25) is 0 Å². The number of barbiturate groups is 1. The molecule has 0 saturated carbocycles. The van der Waals surface area contributed by atoms with E-state index < -0.39 is 23.8 Å². The standard InChI is InChI=1S/C23H22N2O6/c1-14(2)31-20(26)13-30-18-10-6-16(7-11-18)12-19-21(27)24-23(29)25(22(19)28)17-8-4-15(3)5-9-17/h4-12,14H,13H2,1-3H3,(H,24,27,29)/b19-12+. The van der Waals surface area contributed by atoms with Crippen LogP contribution in [0.2, 0.25) is 0 Å². The van der Waals surface area contributed by atoms with E-state index in [1.54, 1.807) is 62.4 Å². The van der Waals surface area contributed by atoms with E-state index in [0.29, 0.717) is 17.0 Å². The zero-order valence-corrected chi connectivity index (χ0v) is 17.4. The van der Waals surface area contributed by atoms with Gasteiger partial charge in [-0.3, -0.25) is 14.9 Å². The van der Waals surface area contributed by atoms with Crippen molar-refractivity contribution in [3.05, 3.63) is 65.2 Å². The van der Waals surface area contributed by atoms with Gasteiger partial charge in [-0.2, -0.15) is 0 Å². The fraction of sp³-hybridized carbons (Fsp3) is 0.217. The van der Waals surface area contributed by atoms with E-state index in [0.717, 1.165) is 10.5 Å². The largest absolute Gasteiger partial charge is 0.482 e. The highest BCUT2D eigenvalue weighted by atomic mass is 16.6. The maximum absolute atomic E-state index is 12.9. The molecule has 1 heterocycles. The number of hydrogen-bond donors (Lipinski definition) is 1. The Kier molecular flexibility index (Phi) is 6.49. The molecule has 160 valence electrons. The van der Waals surface area contributed by atoms with Crippen molar-refractivity contribution in [1.29, 1.82) is 0 Å². The number of anilines is 1. The first-order chi connectivity index (χ1) is 14.7. The Morgan fingerprint density at radius 1 is 1.03 bits per heavy atom. The topological polar surface area (TPSA) is 102 Å². The normalized spacial score (nSPS) is 15.3. The molecule has 0 aromatic heterocycles. The predicted molar refractivity (Wildman–Crippen MR) is 113 cm³/mol. The maximum Gasteiger partial charge on any atom is 0.344 e. The van der Waals surface area contributed by atoms with Crippen molar-refractivity contribution in [2.75, 3.05) is 11.5 Å². The quantitative estimate of drug-likeness (QED) is 0.436. The third-order valence-corrected chi connectivity index (χ3v) is 4.31. The lowest BCUT2D eigenvalue weighted by Gasteiger charge is -2.26. The summed E-state index contributed by atoms with van der Waals surface area (Å²) in [6.45, 7) is 5.15. The van der Waals surface area contributed by atoms with Crippen LogP contribution in [-0.4, -0.2) is 36.5 Å². The number of nitrogens with zero attached hydrogens (tertiary/aromatic N) is 1. The van der Waals surface area contributed by atoms with E-state index in [4.69, 9.17) is 9.47 Å². The summed E-state index contributed by atoms with van der Waals surface area (Å²) >= 11 is 0. The van der Waals surface area contributed by atoms with Gasteiger partial charge in [0.05, 0.1) is 11.8 Å². The highest BCUT2D eigenvalue weighted by Gasteiger charge is 2.36. The van der Waals surface area contributed by atoms with Gasteiger partial charge in [-0.25, -0.2) is 14.5 Å². The van der Waals surface area contributed by atoms with Crippen LogP contribution in [0.25, 0.3) is 6.08 Å². The third-order valence-electron chi connectivity index (χ3n) is 4.31. The average Bonchev–Trinajstić information content (AvgIpc) is 2.71. The first-order valence-corrected chi connectivity index (χ1v) is 9.65. The lowest BCUT2D eigenvalue weighted by atomic mass is 10.1. The SMILES string of the molecule is Cc1ccc(N2C(=O)NC(=O)/C(=C\c3ccc(OCC(=O)OC(C)C)cc3)C2=O)cc1. The molecule has 2 aromatic carbocycles. The van der Waals surface area contributed by atoms with Crippen molar-refractivity contribution in [2.45, 2.75) is 26.9 Å². The molecule has 8 heteroatoms. The molecule has 2 aromatic rings. The van der Waals surface area contributed by atoms with E-state index >= 15 is 0 Å². The second-order valence-electron chi connectivity index (χ2n) is 7.19. The third kappa shape index (κ3) is 5.36. The molecule has 8 nitrogen and oxygen atoms in total. The number of amides is 4. The molecule has 3 rings (SSSR count). The van der Waals surface area contributed by atoms with Crippen LogP contribution < -0.4 is 15.0 Å². The molecular formula is C23H22N2O6. The monoisotopic (exact) mass is 422 g/mol. The van der Waals surface area contributed by atoms with E-state index in [1.165, 1.54) is 6.08 Å². The summed E-state index contributed by atoms with van der Waals surface area (Å²) < 4.78 is 10.4. The minimum Gasteiger partial charge on any atom is -0.482 e. The zero-order chi connectivity index (χ0) is 22.5. The summed E-state index contributed by atoms with van der Waals surface area (Å²) in [4.78, 5) is 49.8. The van der Waals surface area contributed by atoms with Gasteiger partial charge in [0.1, 0.15) is 11.3 Å². The van der Waals surface area contributed by atoms with Crippen molar-refractivity contribution in [3.8, 4) is 5.75 Å². The Hall–Kier alpha value is -3.94. The predicted octanol–water partition coefficient (Wildman–Crippen LogP) is 2.99. The van der Waals surface area contributed by atoms with Crippen molar-refractivity contribution < 1.29 is 28.7 Å². The van der Waals surface area contributed by atoms with Crippen LogP contribution in [0.5, 0.6) is 5.75 Å². The molecular weight excluding hydrogens is 400 g/mol. The smallest absolute Gasteiger partial charge is 0.344 e. The fourth-order valence-electron chi connectivity index (χ4n) is 2.85. The number of aryl methyl sites for hydroxylation is 1. The van der Waals surface area contributed by atoms with Gasteiger partial charge in [-0.15, -0.1) is 0 Å². The molecule has 0 radical (unpaired) electrons. The molecule has 1 N–H and O–H groups in total. The molecule has 4 amide bonds. The number of carbonyl (C=O) groups excluding carboxylic acids is 4. The Balaban J connectivity index is 1.76. The van der Waals surface area contributed by atoms with E-state index in [1.807, 2.05) is 6.92 Å². The first kappa shape index (κ1) is 21.8. The van der Waals surface area contributed by atoms with Gasteiger partial charge in [0.15, 0.2) is 6.61 Å². The molecule has 31 heavy (non-hydrogen) atoms. The van der Waals surface area contributed by atoms with Crippen LogP contribution in [-0.2, 0) is 19.1 Å². The number of ether oxygens (including phenoxy) is 2. The first-order valence-electron chi connectivity index (χ1n) is 9.65. The van der Waals surface area contributed by atoms with Crippen LogP contribution in [0, 0.1) is 6.92 Å². The van der Waals surface area contributed by atoms with Crippen LogP contribution in [0.3, 0.4) is 0 Å². The van der Waals surface area contributed by atoms with Gasteiger partial charge in [0, 0.05) is 0 Å². The summed E-state index contributed by atoms with van der Waals surface area (Å²) in [5.41, 5.74) is 1.71. The van der Waals surface area contributed by atoms with Crippen LogP contribution in [0.15, 0.2) is 54.1 Å². The minimum atomic E-state index is -0.798. The molecule has 0 unspecified atom stereocenters. The van der Waals surface area contributed by atoms with Gasteiger partial charge < -0.3 is 9.47 Å². The highest BCUT2D eigenvalue weighted by Crippen LogP contribution is 2.23. The van der Waals surface area contributed by atoms with E-state index in [-0.39, 0.29) is 18.3 Å². The van der Waals surface area contributed by atoms with Crippen LogP contribution >= 0.6 is 0 Å². The van der Waals surface area contributed by atoms with Crippen molar-refractivity contribution in [3.63, 3.8) is 0 Å². The molecule has 1 aliphatic heterocycles. The molecule has 0 bridgehead atoms. The zero-order valence-electron chi connectivity index (χ0n) is 17.4. The molecule has 1 aliphatic rings. The summed E-state index contributed by atoms with van der Waals surface area (Å²) in [5.74, 6) is -1.53. The van der Waals surface area contributed by atoms with Gasteiger partial charge in [-0.1, -0.05) is 29.8 Å². The van der Waals surface area contributed by atoms with E-state index in [9.17, 15) is 19.2 Å². The molecule has 1 fully saturated rings. The molecule has 0 aliphatic carbocycles. The van der Waals surface area contributed by atoms with E-state index in [2.05, 4.69) is 5.32 Å². The number of urea groups is 1. The molecule has 0 spiro atoms. The van der Waals surface area contributed by atoms with Crippen molar-refractivity contribution in [1.82, 2.24) is 5.32 Å². The number of imide groups is 2. The second kappa shape index (κ2) is 9.25. The molecule has 0 atom stereocenters. The number of nitrogens with one attached hydrogen (secondary N) is 1. The Morgan fingerprint density at radius 2 is 1.68 bits per heavy atom. The number of esters is 1. The number of hydrogen-bond acceptors (Lipinski definition) is 6. The van der Waals surface area contributed by atoms with Gasteiger partial charge in [-0.05, 0) is 56.7 Å². The fourth-order valence-corrected chi connectivity index (χ4v) is 2.85. The highest BCUT2D eigenvalue weighted by molar-refractivity contribution is 6.39. The number of benzene rings is 2. The Morgan fingerprint density at radius 3 is 2.29 bits per heavy atom. The number of carbonyl (C=O) groups is 4. The lowest BCUT2D eigenvalue weighted by Crippen LogP contribution is -2.54. The van der Waals surface area contributed by atoms with Gasteiger partial charge in [0.25, 0.3) is 11.8 Å². The molecule has 1 saturated heterocycles. The minimum absolute atomic E-state index is 0.172. The Labute approximate surface area is 179 Å². The van der Waals surface area contributed by atoms with Crippen LogP contribution in [0.4, 0.5) is 10.5 Å². The van der Waals surface area contributed by atoms with Crippen LogP contribution in [0.1, 0.15) is 25.0 Å². The Bertz CT molecular complexity index is 1040. The average molecular weight is 422 g/mol. The summed E-state index contributed by atoms with van der Waals surface area (Å²) in [6, 6.07) is 12.5. The van der Waals surface area contributed by atoms with Crippen molar-refractivity contribution in [2.24, 2.45) is 0 Å². The summed E-state index contributed by atoms with van der Waals surface area (Å²) in [7, 11) is 0. The summed E-state index contributed by atoms with van der Waals surface area (Å²) in [5, 5.41) is 2.19. The summed E-state index contributed by atoms with van der Waals surface area (Å²) in [6.07, 6.45) is 1.16. The van der Waals surface area contributed by atoms with Crippen molar-refractivity contribution >= 4 is 35.6 Å². The lowest BCUT2D eigenvalue weighted by molar-refractivity contribution is -0.149. The second-order valence-corrected chi connectivity index (χ2v) is 7.19.